The number of methoxy groups -OCH3 is 1. The van der Waals surface area contributed by atoms with Crippen LogP contribution in [-0.2, 0) is 10.0 Å². The van der Waals surface area contributed by atoms with E-state index in [1.807, 2.05) is 0 Å². The second-order valence-electron chi connectivity index (χ2n) is 3.75. The Kier molecular flexibility index (Phi) is 3.10. The highest BCUT2D eigenvalue weighted by molar-refractivity contribution is 7.89. The van der Waals surface area contributed by atoms with Crippen LogP contribution in [0.15, 0.2) is 35.4 Å². The third kappa shape index (κ3) is 2.22. The number of nitrogens with two attached hydrogens (primary N) is 1. The minimum absolute atomic E-state index is 0.0188. The summed E-state index contributed by atoms with van der Waals surface area (Å²) in [6, 6.07) is 7.15. The lowest BCUT2D eigenvalue weighted by atomic mass is 10.3. The number of hydrogen-bond acceptors (Lipinski definition) is 4. The molecule has 1 aromatic heterocycles. The monoisotopic (exact) mass is 267 g/mol. The first-order valence-corrected chi connectivity index (χ1v) is 6.70. The summed E-state index contributed by atoms with van der Waals surface area (Å²) in [6.07, 6.45) is 1.24. The zero-order chi connectivity index (χ0) is 13.3. The van der Waals surface area contributed by atoms with Crippen molar-refractivity contribution < 1.29 is 13.2 Å². The minimum Gasteiger partial charge on any atom is -0.497 e. The average molecular weight is 267 g/mol. The first-order valence-electron chi connectivity index (χ1n) is 5.15. The third-order valence-electron chi connectivity index (χ3n) is 2.57. The molecule has 0 aliphatic heterocycles. The molecule has 0 unspecified atom stereocenters. The summed E-state index contributed by atoms with van der Waals surface area (Å²) in [7, 11) is -2.19. The highest BCUT2D eigenvalue weighted by Gasteiger charge is 2.17. The van der Waals surface area contributed by atoms with E-state index in [0.29, 0.717) is 17.1 Å². The van der Waals surface area contributed by atoms with Crippen LogP contribution in [0.1, 0.15) is 5.69 Å². The van der Waals surface area contributed by atoms with E-state index < -0.39 is 10.0 Å². The van der Waals surface area contributed by atoms with Crippen LogP contribution in [0.4, 0.5) is 0 Å². The van der Waals surface area contributed by atoms with Gasteiger partial charge in [0, 0.05) is 6.07 Å². The predicted molar refractivity (Wildman–Crippen MR) is 66.2 cm³/mol. The van der Waals surface area contributed by atoms with Crippen LogP contribution in [0, 0.1) is 6.92 Å². The Morgan fingerprint density at radius 1 is 1.39 bits per heavy atom. The molecular weight excluding hydrogens is 254 g/mol. The molecule has 0 radical (unpaired) electrons. The van der Waals surface area contributed by atoms with Gasteiger partial charge in [-0.15, -0.1) is 0 Å². The lowest BCUT2D eigenvalue weighted by Crippen LogP contribution is -2.13. The van der Waals surface area contributed by atoms with Crippen LogP contribution in [0.2, 0.25) is 0 Å². The molecule has 0 saturated carbocycles. The number of nitrogens with zero attached hydrogens (tertiary/aromatic N) is 2. The maximum atomic E-state index is 11.3. The fraction of sp³-hybridized carbons (Fsp3) is 0.182. The summed E-state index contributed by atoms with van der Waals surface area (Å²) in [4.78, 5) is 0.0188. The number of aromatic nitrogens is 2. The smallest absolute Gasteiger partial charge is 0.241 e. The molecule has 0 aliphatic rings. The van der Waals surface area contributed by atoms with Gasteiger partial charge in [-0.05, 0) is 19.1 Å². The molecule has 0 atom stereocenters. The molecule has 2 aromatic rings. The van der Waals surface area contributed by atoms with Gasteiger partial charge in [0.2, 0.25) is 10.0 Å². The van der Waals surface area contributed by atoms with E-state index in [-0.39, 0.29) is 4.90 Å². The molecule has 0 spiro atoms. The van der Waals surface area contributed by atoms with Crippen molar-refractivity contribution in [3.63, 3.8) is 0 Å². The molecule has 0 amide bonds. The molecule has 7 heteroatoms. The first kappa shape index (κ1) is 12.6. The highest BCUT2D eigenvalue weighted by Crippen LogP contribution is 2.20. The largest absolute Gasteiger partial charge is 0.497 e. The molecular formula is C11H13N3O3S. The second kappa shape index (κ2) is 4.43. The van der Waals surface area contributed by atoms with E-state index >= 15 is 0 Å². The molecule has 1 aromatic carbocycles. The summed E-state index contributed by atoms with van der Waals surface area (Å²) in [5.74, 6) is 0.666. The SMILES string of the molecule is COc1cccc(-n2ncc(S(N)(=O)=O)c2C)c1. The number of primary sulfonamides is 1. The maximum absolute atomic E-state index is 11.3. The molecule has 0 fully saturated rings. The lowest BCUT2D eigenvalue weighted by Gasteiger charge is -2.06. The van der Waals surface area contributed by atoms with Gasteiger partial charge < -0.3 is 4.74 Å². The Morgan fingerprint density at radius 2 is 2.11 bits per heavy atom. The Labute approximate surface area is 105 Å². The van der Waals surface area contributed by atoms with E-state index in [1.165, 1.54) is 10.9 Å². The van der Waals surface area contributed by atoms with Crippen LogP contribution in [0.5, 0.6) is 5.75 Å². The number of ether oxygens (including phenoxy) is 1. The fourth-order valence-electron chi connectivity index (χ4n) is 1.68. The molecule has 96 valence electrons. The Bertz CT molecular complexity index is 677. The third-order valence-corrected chi connectivity index (χ3v) is 3.58. The van der Waals surface area contributed by atoms with Crippen LogP contribution in [0.25, 0.3) is 5.69 Å². The van der Waals surface area contributed by atoms with Crippen LogP contribution >= 0.6 is 0 Å². The van der Waals surface area contributed by atoms with E-state index in [4.69, 9.17) is 9.88 Å². The molecule has 2 rings (SSSR count). The molecule has 0 saturated heterocycles. The maximum Gasteiger partial charge on any atom is 0.241 e. The van der Waals surface area contributed by atoms with Crippen molar-refractivity contribution in [3.05, 3.63) is 36.2 Å². The summed E-state index contributed by atoms with van der Waals surface area (Å²) < 4.78 is 29.3. The van der Waals surface area contributed by atoms with Gasteiger partial charge in [0.1, 0.15) is 10.6 Å². The lowest BCUT2D eigenvalue weighted by molar-refractivity contribution is 0.414. The normalized spacial score (nSPS) is 11.5. The van der Waals surface area contributed by atoms with Gasteiger partial charge in [-0.2, -0.15) is 5.10 Å². The van der Waals surface area contributed by atoms with Crippen molar-refractivity contribution in [2.24, 2.45) is 5.14 Å². The number of sulfonamides is 1. The van der Waals surface area contributed by atoms with Crippen molar-refractivity contribution in [2.45, 2.75) is 11.8 Å². The molecule has 0 aliphatic carbocycles. The van der Waals surface area contributed by atoms with Crippen molar-refractivity contribution in [3.8, 4) is 11.4 Å². The molecule has 18 heavy (non-hydrogen) atoms. The van der Waals surface area contributed by atoms with Crippen molar-refractivity contribution >= 4 is 10.0 Å². The summed E-state index contributed by atoms with van der Waals surface area (Å²) >= 11 is 0. The summed E-state index contributed by atoms with van der Waals surface area (Å²) in [5.41, 5.74) is 1.17. The van der Waals surface area contributed by atoms with Gasteiger partial charge in [0.05, 0.1) is 24.7 Å². The van der Waals surface area contributed by atoms with Crippen molar-refractivity contribution in [1.82, 2.24) is 9.78 Å². The van der Waals surface area contributed by atoms with Crippen molar-refractivity contribution in [1.29, 1.82) is 0 Å². The van der Waals surface area contributed by atoms with Gasteiger partial charge in [-0.1, -0.05) is 6.07 Å². The van der Waals surface area contributed by atoms with Crippen LogP contribution in [-0.4, -0.2) is 25.3 Å². The van der Waals surface area contributed by atoms with E-state index in [1.54, 1.807) is 38.3 Å². The average Bonchev–Trinajstić information content (AvgIpc) is 2.71. The minimum atomic E-state index is -3.75. The van der Waals surface area contributed by atoms with Gasteiger partial charge in [0.25, 0.3) is 0 Å². The number of benzene rings is 1. The van der Waals surface area contributed by atoms with E-state index in [2.05, 4.69) is 5.10 Å². The Balaban J connectivity index is 2.55. The van der Waals surface area contributed by atoms with Gasteiger partial charge >= 0.3 is 0 Å². The van der Waals surface area contributed by atoms with E-state index in [9.17, 15) is 8.42 Å². The second-order valence-corrected chi connectivity index (χ2v) is 5.28. The van der Waals surface area contributed by atoms with Gasteiger partial charge in [-0.3, -0.25) is 0 Å². The van der Waals surface area contributed by atoms with Crippen molar-refractivity contribution in [2.75, 3.05) is 7.11 Å². The summed E-state index contributed by atoms with van der Waals surface area (Å²) in [6.45, 7) is 1.65. The highest BCUT2D eigenvalue weighted by atomic mass is 32.2. The topological polar surface area (TPSA) is 87.2 Å². The van der Waals surface area contributed by atoms with Gasteiger partial charge in [-0.25, -0.2) is 18.2 Å². The molecule has 6 nitrogen and oxygen atoms in total. The zero-order valence-corrected chi connectivity index (χ0v) is 10.8. The van der Waals surface area contributed by atoms with E-state index in [0.717, 1.165) is 0 Å². The molecule has 1 heterocycles. The van der Waals surface area contributed by atoms with Crippen LogP contribution in [0.3, 0.4) is 0 Å². The molecule has 2 N–H and O–H groups in total. The standard InChI is InChI=1S/C11H13N3O3S/c1-8-11(18(12,15)16)7-13-14(8)9-4-3-5-10(6-9)17-2/h3-7H,1-2H3,(H2,12,15,16). The van der Waals surface area contributed by atoms with Crippen LogP contribution < -0.4 is 9.88 Å². The summed E-state index contributed by atoms with van der Waals surface area (Å²) in [5, 5.41) is 9.13. The fourth-order valence-corrected chi connectivity index (χ4v) is 2.37. The Morgan fingerprint density at radius 3 is 2.67 bits per heavy atom. The Hall–Kier alpha value is -1.86. The number of rotatable bonds is 3. The van der Waals surface area contributed by atoms with Gasteiger partial charge in [0.15, 0.2) is 0 Å². The quantitative estimate of drug-likeness (QED) is 0.892. The number of hydrogen-bond donors (Lipinski definition) is 1. The first-order chi connectivity index (χ1) is 8.43. The predicted octanol–water partition coefficient (Wildman–Crippen LogP) is 0.837. The zero-order valence-electron chi connectivity index (χ0n) is 9.99. The molecule has 0 bridgehead atoms.